The molecule has 0 aliphatic rings. The first-order valence-corrected chi connectivity index (χ1v) is 5.79. The third-order valence-corrected chi connectivity index (χ3v) is 3.07. The van der Waals surface area contributed by atoms with Gasteiger partial charge in [-0.1, -0.05) is 37.3 Å². The summed E-state index contributed by atoms with van der Waals surface area (Å²) in [5.41, 5.74) is 9.72. The second kappa shape index (κ2) is 5.75. The maximum absolute atomic E-state index is 12.3. The predicted octanol–water partition coefficient (Wildman–Crippen LogP) is 0.490. The zero-order valence-corrected chi connectivity index (χ0v) is 10.3. The maximum Gasteiger partial charge on any atom is 0.332 e. The Bertz CT molecular complexity index is 433. The molecule has 1 rings (SSSR count). The fourth-order valence-corrected chi connectivity index (χ4v) is 1.86. The fourth-order valence-electron chi connectivity index (χ4n) is 1.86. The number of Topliss-reactive ketones (excluding diaryl/α,β-unsaturated/α-hetero) is 1. The molecule has 0 spiro atoms. The topological polar surface area (TPSA) is 106 Å². The summed E-state index contributed by atoms with van der Waals surface area (Å²) in [4.78, 5) is 23.4. The van der Waals surface area contributed by atoms with Gasteiger partial charge in [0.2, 0.25) is 0 Å². The highest BCUT2D eigenvalue weighted by Crippen LogP contribution is 2.24. The van der Waals surface area contributed by atoms with E-state index in [0.29, 0.717) is 6.42 Å². The van der Waals surface area contributed by atoms with Gasteiger partial charge in [0.15, 0.2) is 11.3 Å². The smallest absolute Gasteiger partial charge is 0.332 e. The number of ketones is 1. The van der Waals surface area contributed by atoms with Gasteiger partial charge < -0.3 is 16.6 Å². The van der Waals surface area contributed by atoms with Crippen molar-refractivity contribution in [1.29, 1.82) is 0 Å². The van der Waals surface area contributed by atoms with Gasteiger partial charge in [0.1, 0.15) is 0 Å². The second-order valence-electron chi connectivity index (χ2n) is 4.22. The van der Waals surface area contributed by atoms with Gasteiger partial charge in [-0.25, -0.2) is 4.79 Å². The minimum atomic E-state index is -2.02. The number of nitrogens with two attached hydrogens (primary N) is 2. The van der Waals surface area contributed by atoms with Gasteiger partial charge in [0.25, 0.3) is 0 Å². The van der Waals surface area contributed by atoms with E-state index in [0.717, 1.165) is 5.56 Å². The first kappa shape index (κ1) is 14.3. The van der Waals surface area contributed by atoms with Crippen molar-refractivity contribution in [3.05, 3.63) is 35.9 Å². The lowest BCUT2D eigenvalue weighted by Crippen LogP contribution is -2.61. The van der Waals surface area contributed by atoms with Crippen molar-refractivity contribution in [3.8, 4) is 0 Å². The number of benzene rings is 1. The van der Waals surface area contributed by atoms with Crippen LogP contribution in [0.15, 0.2) is 30.3 Å². The van der Waals surface area contributed by atoms with E-state index < -0.39 is 29.8 Å². The Morgan fingerprint density at radius 2 is 1.89 bits per heavy atom. The number of hydrogen-bond donors (Lipinski definition) is 3. The Kier molecular flexibility index (Phi) is 4.58. The number of carboxylic acids is 1. The van der Waals surface area contributed by atoms with Gasteiger partial charge in [-0.3, -0.25) is 4.79 Å². The van der Waals surface area contributed by atoms with Crippen LogP contribution in [0.2, 0.25) is 0 Å². The molecule has 98 valence electrons. The Balaban J connectivity index is 3.10. The maximum atomic E-state index is 12.3. The molecule has 0 fully saturated rings. The molecular weight excluding hydrogens is 232 g/mol. The number of aliphatic carboxylic acids is 1. The van der Waals surface area contributed by atoms with Gasteiger partial charge in [-0.2, -0.15) is 0 Å². The van der Waals surface area contributed by atoms with Crippen LogP contribution in [0, 0.1) is 0 Å². The average Bonchev–Trinajstić information content (AvgIpc) is 2.39. The van der Waals surface area contributed by atoms with Crippen LogP contribution in [0.3, 0.4) is 0 Å². The van der Waals surface area contributed by atoms with Crippen LogP contribution < -0.4 is 11.5 Å². The van der Waals surface area contributed by atoms with Crippen LogP contribution in [0.1, 0.15) is 24.8 Å². The van der Waals surface area contributed by atoms with Crippen molar-refractivity contribution in [3.63, 3.8) is 0 Å². The third-order valence-electron chi connectivity index (χ3n) is 3.07. The lowest BCUT2D eigenvalue weighted by atomic mass is 9.81. The van der Waals surface area contributed by atoms with Gasteiger partial charge in [-0.15, -0.1) is 0 Å². The van der Waals surface area contributed by atoms with Gasteiger partial charge in [-0.05, 0) is 12.0 Å². The van der Waals surface area contributed by atoms with Crippen molar-refractivity contribution >= 4 is 11.8 Å². The van der Waals surface area contributed by atoms with Crippen molar-refractivity contribution in [2.24, 2.45) is 11.5 Å². The molecule has 2 atom stereocenters. The summed E-state index contributed by atoms with van der Waals surface area (Å²) >= 11 is 0. The first-order valence-electron chi connectivity index (χ1n) is 5.79. The molecule has 0 radical (unpaired) electrons. The van der Waals surface area contributed by atoms with E-state index in [1.165, 1.54) is 0 Å². The molecule has 0 aliphatic heterocycles. The third kappa shape index (κ3) is 2.57. The average molecular weight is 250 g/mol. The molecule has 18 heavy (non-hydrogen) atoms. The van der Waals surface area contributed by atoms with E-state index >= 15 is 0 Å². The largest absolute Gasteiger partial charge is 0.479 e. The Morgan fingerprint density at radius 3 is 2.28 bits per heavy atom. The lowest BCUT2D eigenvalue weighted by Gasteiger charge is -2.26. The van der Waals surface area contributed by atoms with E-state index in [-0.39, 0.29) is 0 Å². The van der Waals surface area contributed by atoms with Crippen LogP contribution in [0.5, 0.6) is 0 Å². The van der Waals surface area contributed by atoms with Crippen molar-refractivity contribution < 1.29 is 14.7 Å². The molecule has 0 amide bonds. The summed E-state index contributed by atoms with van der Waals surface area (Å²) in [7, 11) is 0. The lowest BCUT2D eigenvalue weighted by molar-refractivity contribution is -0.148. The molecule has 5 N–H and O–H groups in total. The Labute approximate surface area is 106 Å². The summed E-state index contributed by atoms with van der Waals surface area (Å²) in [6.07, 6.45) is 0.481. The van der Waals surface area contributed by atoms with E-state index in [9.17, 15) is 9.59 Å². The summed E-state index contributed by atoms with van der Waals surface area (Å²) < 4.78 is 0. The number of carboxylic acid groups (broad SMARTS) is 1. The summed E-state index contributed by atoms with van der Waals surface area (Å²) in [6, 6.07) is 8.99. The highest BCUT2D eigenvalue weighted by atomic mass is 16.4. The molecule has 0 saturated heterocycles. The zero-order chi connectivity index (χ0) is 13.8. The minimum absolute atomic E-state index is 0.412. The molecule has 5 heteroatoms. The van der Waals surface area contributed by atoms with Crippen LogP contribution in [0.4, 0.5) is 0 Å². The molecule has 0 bridgehead atoms. The highest BCUT2D eigenvalue weighted by Gasteiger charge is 2.44. The Morgan fingerprint density at radius 1 is 1.33 bits per heavy atom. The van der Waals surface area contributed by atoms with Gasteiger partial charge in [0.05, 0.1) is 0 Å². The molecule has 0 heterocycles. The van der Waals surface area contributed by atoms with Crippen LogP contribution in [0.25, 0.3) is 0 Å². The Hall–Kier alpha value is -1.72. The van der Waals surface area contributed by atoms with Crippen LogP contribution in [-0.2, 0) is 9.59 Å². The number of carbonyl (C=O) groups is 2. The van der Waals surface area contributed by atoms with E-state index in [2.05, 4.69) is 0 Å². The van der Waals surface area contributed by atoms with Gasteiger partial charge in [0, 0.05) is 12.5 Å². The quantitative estimate of drug-likeness (QED) is 0.637. The van der Waals surface area contributed by atoms with Crippen molar-refractivity contribution in [2.75, 3.05) is 6.54 Å². The van der Waals surface area contributed by atoms with Crippen molar-refractivity contribution in [2.45, 2.75) is 24.8 Å². The SMILES string of the molecule is CCC(C(=O)C(N)(CN)C(=O)O)c1ccccc1. The summed E-state index contributed by atoms with van der Waals surface area (Å²) in [5, 5.41) is 9.07. The van der Waals surface area contributed by atoms with Crippen LogP contribution in [-0.4, -0.2) is 28.9 Å². The normalized spacial score (nSPS) is 15.7. The standard InChI is InChI=1S/C13H18N2O3/c1-2-10(9-6-4-3-5-7-9)11(16)13(15,8-14)12(17)18/h3-7,10H,2,8,14-15H2,1H3,(H,17,18). The zero-order valence-electron chi connectivity index (χ0n) is 10.3. The molecule has 5 nitrogen and oxygen atoms in total. The highest BCUT2D eigenvalue weighted by molar-refractivity contribution is 6.10. The number of hydrogen-bond acceptors (Lipinski definition) is 4. The molecule has 1 aromatic rings. The molecule has 0 aromatic heterocycles. The van der Waals surface area contributed by atoms with Crippen LogP contribution >= 0.6 is 0 Å². The first-order chi connectivity index (χ1) is 8.47. The van der Waals surface area contributed by atoms with E-state index in [4.69, 9.17) is 16.6 Å². The van der Waals surface area contributed by atoms with Gasteiger partial charge >= 0.3 is 5.97 Å². The summed E-state index contributed by atoms with van der Waals surface area (Å²) in [6.45, 7) is 1.40. The molecule has 1 aromatic carbocycles. The minimum Gasteiger partial charge on any atom is -0.479 e. The van der Waals surface area contributed by atoms with Crippen molar-refractivity contribution in [1.82, 2.24) is 0 Å². The molecular formula is C13H18N2O3. The number of rotatable bonds is 6. The monoisotopic (exact) mass is 250 g/mol. The second-order valence-corrected chi connectivity index (χ2v) is 4.22. The number of carbonyl (C=O) groups excluding carboxylic acids is 1. The summed E-state index contributed by atoms with van der Waals surface area (Å²) in [5.74, 6) is -2.48. The van der Waals surface area contributed by atoms with E-state index in [1.54, 1.807) is 24.3 Å². The van der Waals surface area contributed by atoms with E-state index in [1.807, 2.05) is 13.0 Å². The molecule has 0 saturated carbocycles. The fraction of sp³-hybridized carbons (Fsp3) is 0.385. The molecule has 2 unspecified atom stereocenters. The molecule has 0 aliphatic carbocycles. The predicted molar refractivity (Wildman–Crippen MR) is 68.1 cm³/mol.